The number of fused-ring (bicyclic) bond motifs is 2. The Labute approximate surface area is 197 Å². The van der Waals surface area contributed by atoms with Crippen LogP contribution in [0.1, 0.15) is 5.56 Å². The molecule has 2 N–H and O–H groups in total. The molecule has 6 aromatic rings. The molecule has 0 saturated carbocycles. The molecule has 0 spiro atoms. The van der Waals surface area contributed by atoms with E-state index in [9.17, 15) is 0 Å². The van der Waals surface area contributed by atoms with Gasteiger partial charge in [-0.1, -0.05) is 0 Å². The van der Waals surface area contributed by atoms with Gasteiger partial charge in [-0.15, -0.1) is 0 Å². The summed E-state index contributed by atoms with van der Waals surface area (Å²) in [5.41, 5.74) is 6.09. The molecule has 0 fully saturated rings. The quantitative estimate of drug-likeness (QED) is 0.372. The van der Waals surface area contributed by atoms with Gasteiger partial charge in [0.05, 0.1) is 10.9 Å². The summed E-state index contributed by atoms with van der Waals surface area (Å²) < 4.78 is 15.9. The minimum Gasteiger partial charge on any atom is -0.335 e. The number of aromatic amines is 2. The zero-order valence-electron chi connectivity index (χ0n) is 18.4. The van der Waals surface area contributed by atoms with Crippen molar-refractivity contribution in [2.24, 2.45) is 0 Å². The van der Waals surface area contributed by atoms with Crippen LogP contribution in [0.15, 0.2) is 53.7 Å². The minimum absolute atomic E-state index is 0.270. The molecule has 0 aliphatic carbocycles. The molecular formula is C24H19FN8S. The van der Waals surface area contributed by atoms with Crippen molar-refractivity contribution in [2.45, 2.75) is 6.54 Å². The van der Waals surface area contributed by atoms with Gasteiger partial charge in [0.2, 0.25) is 0 Å². The van der Waals surface area contributed by atoms with Crippen molar-refractivity contribution in [3.8, 4) is 33.8 Å². The molecule has 0 atom stereocenters. The summed E-state index contributed by atoms with van der Waals surface area (Å²) in [5.74, 6) is 0.0223. The Morgan fingerprint density at radius 1 is 1.03 bits per heavy atom. The third-order valence-electron chi connectivity index (χ3n) is 5.58. The summed E-state index contributed by atoms with van der Waals surface area (Å²) in [4.78, 5) is 23.0. The summed E-state index contributed by atoms with van der Waals surface area (Å²) in [6.07, 6.45) is 6.64. The predicted octanol–water partition coefficient (Wildman–Crippen LogP) is 4.89. The van der Waals surface area contributed by atoms with Crippen LogP contribution in [0.4, 0.5) is 4.39 Å². The number of aromatic nitrogens is 7. The van der Waals surface area contributed by atoms with Gasteiger partial charge in [0.25, 0.3) is 0 Å². The molecule has 0 aliphatic heterocycles. The van der Waals surface area contributed by atoms with Crippen molar-refractivity contribution in [2.75, 3.05) is 14.1 Å². The van der Waals surface area contributed by atoms with E-state index in [2.05, 4.69) is 40.5 Å². The molecule has 0 bridgehead atoms. The van der Waals surface area contributed by atoms with Gasteiger partial charge in [-0.2, -0.15) is 16.4 Å². The van der Waals surface area contributed by atoms with E-state index in [0.717, 1.165) is 22.2 Å². The summed E-state index contributed by atoms with van der Waals surface area (Å²) >= 11 is 1.62. The van der Waals surface area contributed by atoms with Crippen molar-refractivity contribution in [3.63, 3.8) is 0 Å². The van der Waals surface area contributed by atoms with Gasteiger partial charge in [0, 0.05) is 48.0 Å². The Kier molecular flexibility index (Phi) is 4.89. The second-order valence-electron chi connectivity index (χ2n) is 8.26. The average molecular weight is 471 g/mol. The van der Waals surface area contributed by atoms with Gasteiger partial charge in [0.1, 0.15) is 11.5 Å². The standard InChI is InChI=1S/C24H19FN8S/c1-33(2)11-13-7-15(9-26-8-13)17-10-28-22-18(19(17)25)21(31-32-22)24-29-20-16(14-4-6-34-12-14)3-5-27-23(20)30-24/h3-10,12H,11H2,1-2H3,(H,27,29,30)(H,28,31,32). The fraction of sp³-hybridized carbons (Fsp3) is 0.125. The molecule has 6 heterocycles. The van der Waals surface area contributed by atoms with Crippen LogP contribution >= 0.6 is 11.3 Å². The van der Waals surface area contributed by atoms with Crippen molar-refractivity contribution < 1.29 is 4.39 Å². The first kappa shape index (κ1) is 20.6. The highest BCUT2D eigenvalue weighted by atomic mass is 32.1. The molecule has 0 radical (unpaired) electrons. The number of imidazole rings is 1. The summed E-state index contributed by atoms with van der Waals surface area (Å²) in [7, 11) is 3.95. The van der Waals surface area contributed by atoms with Gasteiger partial charge in [-0.25, -0.2) is 19.3 Å². The number of nitrogens with one attached hydrogen (secondary N) is 2. The second-order valence-corrected chi connectivity index (χ2v) is 9.04. The fourth-order valence-electron chi connectivity index (χ4n) is 4.10. The number of pyridine rings is 3. The lowest BCUT2D eigenvalue weighted by Crippen LogP contribution is -2.10. The van der Waals surface area contributed by atoms with E-state index < -0.39 is 5.82 Å². The highest BCUT2D eigenvalue weighted by Crippen LogP contribution is 2.34. The molecule has 0 unspecified atom stereocenters. The van der Waals surface area contributed by atoms with Crippen LogP contribution in [0.5, 0.6) is 0 Å². The minimum atomic E-state index is -0.427. The molecule has 8 nitrogen and oxygen atoms in total. The van der Waals surface area contributed by atoms with Crippen LogP contribution in [0.2, 0.25) is 0 Å². The van der Waals surface area contributed by atoms with E-state index in [1.165, 1.54) is 6.20 Å². The molecule has 0 aromatic carbocycles. The molecular weight excluding hydrogens is 451 g/mol. The van der Waals surface area contributed by atoms with Crippen LogP contribution in [0.25, 0.3) is 56.0 Å². The number of thiophene rings is 1. The van der Waals surface area contributed by atoms with E-state index >= 15 is 4.39 Å². The van der Waals surface area contributed by atoms with Crippen molar-refractivity contribution in [3.05, 3.63) is 65.1 Å². The van der Waals surface area contributed by atoms with Crippen LogP contribution < -0.4 is 0 Å². The first-order valence-corrected chi connectivity index (χ1v) is 11.5. The van der Waals surface area contributed by atoms with Gasteiger partial charge in [-0.05, 0) is 54.2 Å². The number of H-pyrrole nitrogens is 2. The summed E-state index contributed by atoms with van der Waals surface area (Å²) in [6.45, 7) is 0.702. The molecule has 168 valence electrons. The Balaban J connectivity index is 1.50. The van der Waals surface area contributed by atoms with E-state index in [-0.39, 0.29) is 11.0 Å². The number of rotatable bonds is 5. The highest BCUT2D eigenvalue weighted by molar-refractivity contribution is 7.08. The monoisotopic (exact) mass is 470 g/mol. The maximum atomic E-state index is 15.9. The zero-order valence-corrected chi connectivity index (χ0v) is 19.2. The molecule has 6 rings (SSSR count). The van der Waals surface area contributed by atoms with Crippen molar-refractivity contribution in [1.29, 1.82) is 0 Å². The zero-order chi connectivity index (χ0) is 23.2. The fourth-order valence-corrected chi connectivity index (χ4v) is 4.75. The van der Waals surface area contributed by atoms with Crippen LogP contribution in [0, 0.1) is 5.82 Å². The SMILES string of the molecule is CN(C)Cc1cncc(-c2cnc3n[nH]c(-c4nc5nccc(-c6ccsc6)c5[nH]4)c3c2F)c1. The molecule has 0 aliphatic rings. The normalized spacial score (nSPS) is 11.8. The molecule has 6 aromatic heterocycles. The summed E-state index contributed by atoms with van der Waals surface area (Å²) in [6, 6.07) is 5.90. The van der Waals surface area contributed by atoms with Gasteiger partial charge in [0.15, 0.2) is 17.1 Å². The van der Waals surface area contributed by atoms with Crippen molar-refractivity contribution in [1.82, 2.24) is 40.0 Å². The number of nitrogens with zero attached hydrogens (tertiary/aromatic N) is 6. The van der Waals surface area contributed by atoms with Gasteiger partial charge < -0.3 is 9.88 Å². The van der Waals surface area contributed by atoms with Crippen LogP contribution in [-0.2, 0) is 6.54 Å². The lowest BCUT2D eigenvalue weighted by atomic mass is 10.1. The first-order valence-electron chi connectivity index (χ1n) is 10.6. The molecule has 0 amide bonds. The Hall–Kier alpha value is -4.02. The Morgan fingerprint density at radius 3 is 2.76 bits per heavy atom. The topological polar surface area (TPSA) is 99.3 Å². The van der Waals surface area contributed by atoms with Crippen LogP contribution in [-0.4, -0.2) is 54.1 Å². The average Bonchev–Trinajstić information content (AvgIpc) is 3.57. The van der Waals surface area contributed by atoms with Gasteiger partial charge in [-0.3, -0.25) is 10.1 Å². The van der Waals surface area contributed by atoms with Crippen molar-refractivity contribution >= 4 is 33.5 Å². The first-order chi connectivity index (χ1) is 16.6. The van der Waals surface area contributed by atoms with Gasteiger partial charge >= 0.3 is 0 Å². The predicted molar refractivity (Wildman–Crippen MR) is 131 cm³/mol. The third-order valence-corrected chi connectivity index (χ3v) is 6.27. The van der Waals surface area contributed by atoms with E-state index in [0.29, 0.717) is 34.8 Å². The van der Waals surface area contributed by atoms with E-state index in [1.807, 2.05) is 42.6 Å². The lowest BCUT2D eigenvalue weighted by molar-refractivity contribution is 0.402. The number of hydrogen-bond acceptors (Lipinski definition) is 7. The highest BCUT2D eigenvalue weighted by Gasteiger charge is 2.21. The third kappa shape index (κ3) is 3.44. The number of halogens is 1. The molecule has 10 heteroatoms. The Morgan fingerprint density at radius 2 is 1.94 bits per heavy atom. The largest absolute Gasteiger partial charge is 0.335 e. The van der Waals surface area contributed by atoms with E-state index in [4.69, 9.17) is 0 Å². The Bertz CT molecular complexity index is 1630. The number of hydrogen-bond donors (Lipinski definition) is 2. The molecule has 0 saturated heterocycles. The second kappa shape index (κ2) is 8.08. The lowest BCUT2D eigenvalue weighted by Gasteiger charge is -2.11. The summed E-state index contributed by atoms with van der Waals surface area (Å²) in [5, 5.41) is 11.5. The smallest absolute Gasteiger partial charge is 0.184 e. The van der Waals surface area contributed by atoms with E-state index in [1.54, 1.807) is 29.9 Å². The maximum Gasteiger partial charge on any atom is 0.184 e. The maximum absolute atomic E-state index is 15.9. The molecule has 34 heavy (non-hydrogen) atoms. The van der Waals surface area contributed by atoms with Crippen LogP contribution in [0.3, 0.4) is 0 Å².